The summed E-state index contributed by atoms with van der Waals surface area (Å²) < 4.78 is 0. The van der Waals surface area contributed by atoms with Gasteiger partial charge in [0.15, 0.2) is 0 Å². The molecular weight excluding hydrogens is 314 g/mol. The summed E-state index contributed by atoms with van der Waals surface area (Å²) in [4.78, 5) is 31.3. The van der Waals surface area contributed by atoms with E-state index < -0.39 is 0 Å². The Labute approximate surface area is 149 Å². The van der Waals surface area contributed by atoms with Gasteiger partial charge in [0, 0.05) is 18.8 Å². The Hall–Kier alpha value is -1.88. The predicted octanol–water partition coefficient (Wildman–Crippen LogP) is 2.79. The Kier molecular flexibility index (Phi) is 4.75. The summed E-state index contributed by atoms with van der Waals surface area (Å²) in [5.74, 6) is -0.107. The van der Waals surface area contributed by atoms with Crippen LogP contribution >= 0.6 is 0 Å². The number of nitrogens with zero attached hydrogens (tertiary/aromatic N) is 3. The van der Waals surface area contributed by atoms with E-state index >= 15 is 0 Å². The third kappa shape index (κ3) is 3.30. The average Bonchev–Trinajstić information content (AvgIpc) is 2.98. The molecule has 1 aromatic rings. The molecule has 0 bridgehead atoms. The number of hydrogen-bond acceptors (Lipinski definition) is 4. The molecule has 0 N–H and O–H groups in total. The van der Waals surface area contributed by atoms with Crippen molar-refractivity contribution in [1.29, 1.82) is 0 Å². The van der Waals surface area contributed by atoms with Gasteiger partial charge in [-0.1, -0.05) is 6.42 Å². The van der Waals surface area contributed by atoms with Gasteiger partial charge < -0.3 is 4.90 Å². The van der Waals surface area contributed by atoms with Crippen molar-refractivity contribution in [2.45, 2.75) is 51.0 Å². The highest BCUT2D eigenvalue weighted by molar-refractivity contribution is 6.22. The fourth-order valence-electron chi connectivity index (χ4n) is 4.37. The number of amides is 2. The fourth-order valence-corrected chi connectivity index (χ4v) is 4.37. The van der Waals surface area contributed by atoms with Gasteiger partial charge in [-0.05, 0) is 69.5 Å². The molecule has 5 nitrogen and oxygen atoms in total. The van der Waals surface area contributed by atoms with Gasteiger partial charge in [0.05, 0.1) is 18.2 Å². The predicted molar refractivity (Wildman–Crippen MR) is 98.8 cm³/mol. The lowest BCUT2D eigenvalue weighted by Crippen LogP contribution is -2.44. The zero-order valence-corrected chi connectivity index (χ0v) is 14.8. The highest BCUT2D eigenvalue weighted by Gasteiger charge is 2.42. The molecule has 3 fully saturated rings. The standard InChI is InChI=1S/C20H27N3O2/c24-19-15-18(22-13-5-2-6-14-22)20(25)23(19)17-9-7-16(8-10-17)21-11-3-1-4-12-21/h7-10,18H,1-6,11-15H2. The molecule has 1 aromatic carbocycles. The normalized spacial score (nSPS) is 25.7. The number of imide groups is 1. The van der Waals surface area contributed by atoms with Gasteiger partial charge in [-0.2, -0.15) is 0 Å². The van der Waals surface area contributed by atoms with Crippen LogP contribution in [0, 0.1) is 0 Å². The zero-order chi connectivity index (χ0) is 17.2. The zero-order valence-electron chi connectivity index (χ0n) is 14.8. The molecule has 3 aliphatic heterocycles. The molecule has 1 atom stereocenters. The topological polar surface area (TPSA) is 43.9 Å². The number of carbonyl (C=O) groups excluding carboxylic acids is 2. The van der Waals surface area contributed by atoms with Gasteiger partial charge in [0.1, 0.15) is 0 Å². The maximum absolute atomic E-state index is 12.9. The molecule has 0 aromatic heterocycles. The van der Waals surface area contributed by atoms with Gasteiger partial charge in [0.2, 0.25) is 5.91 Å². The molecule has 25 heavy (non-hydrogen) atoms. The third-order valence-corrected chi connectivity index (χ3v) is 5.78. The van der Waals surface area contributed by atoms with Crippen LogP contribution in [-0.4, -0.2) is 48.9 Å². The minimum atomic E-state index is -0.255. The van der Waals surface area contributed by atoms with E-state index in [1.807, 2.05) is 12.1 Å². The largest absolute Gasteiger partial charge is 0.372 e. The number of piperidine rings is 2. The Balaban J connectivity index is 1.48. The number of anilines is 2. The second kappa shape index (κ2) is 7.16. The summed E-state index contributed by atoms with van der Waals surface area (Å²) in [6.07, 6.45) is 7.60. The van der Waals surface area contributed by atoms with E-state index in [1.54, 1.807) is 0 Å². The lowest BCUT2D eigenvalue weighted by atomic mass is 10.1. The number of likely N-dealkylation sites (tertiary alicyclic amines) is 1. The molecule has 0 spiro atoms. The van der Waals surface area contributed by atoms with E-state index in [9.17, 15) is 9.59 Å². The average molecular weight is 341 g/mol. The first-order valence-electron chi connectivity index (χ1n) is 9.70. The molecule has 3 saturated heterocycles. The molecule has 134 valence electrons. The first kappa shape index (κ1) is 16.6. The van der Waals surface area contributed by atoms with Crippen LogP contribution in [0.2, 0.25) is 0 Å². The Morgan fingerprint density at radius 2 is 1.28 bits per heavy atom. The minimum Gasteiger partial charge on any atom is -0.372 e. The quantitative estimate of drug-likeness (QED) is 0.793. The van der Waals surface area contributed by atoms with Crippen LogP contribution in [-0.2, 0) is 9.59 Å². The van der Waals surface area contributed by atoms with Crippen LogP contribution in [0.4, 0.5) is 11.4 Å². The summed E-state index contributed by atoms with van der Waals surface area (Å²) in [5, 5.41) is 0. The van der Waals surface area contributed by atoms with Crippen LogP contribution in [0.1, 0.15) is 44.9 Å². The van der Waals surface area contributed by atoms with Crippen molar-refractivity contribution in [3.05, 3.63) is 24.3 Å². The summed E-state index contributed by atoms with van der Waals surface area (Å²) in [5.41, 5.74) is 1.91. The summed E-state index contributed by atoms with van der Waals surface area (Å²) >= 11 is 0. The van der Waals surface area contributed by atoms with Gasteiger partial charge in [-0.25, -0.2) is 4.90 Å². The lowest BCUT2D eigenvalue weighted by Gasteiger charge is -2.30. The Morgan fingerprint density at radius 3 is 1.92 bits per heavy atom. The van der Waals surface area contributed by atoms with E-state index in [1.165, 1.54) is 36.3 Å². The van der Waals surface area contributed by atoms with E-state index in [2.05, 4.69) is 21.9 Å². The first-order valence-corrected chi connectivity index (χ1v) is 9.70. The van der Waals surface area contributed by atoms with Gasteiger partial charge in [-0.3, -0.25) is 14.5 Å². The Morgan fingerprint density at radius 1 is 0.720 bits per heavy atom. The first-order chi connectivity index (χ1) is 12.2. The molecule has 4 rings (SSSR count). The van der Waals surface area contributed by atoms with Crippen molar-refractivity contribution in [2.75, 3.05) is 36.0 Å². The van der Waals surface area contributed by atoms with E-state index in [0.29, 0.717) is 6.42 Å². The van der Waals surface area contributed by atoms with E-state index in [0.717, 1.165) is 44.7 Å². The van der Waals surface area contributed by atoms with Crippen molar-refractivity contribution < 1.29 is 9.59 Å². The molecule has 3 aliphatic rings. The van der Waals surface area contributed by atoms with Crippen LogP contribution in [0.15, 0.2) is 24.3 Å². The van der Waals surface area contributed by atoms with Crippen molar-refractivity contribution >= 4 is 23.2 Å². The van der Waals surface area contributed by atoms with Crippen molar-refractivity contribution in [2.24, 2.45) is 0 Å². The van der Waals surface area contributed by atoms with E-state index in [4.69, 9.17) is 0 Å². The van der Waals surface area contributed by atoms with Crippen LogP contribution in [0.25, 0.3) is 0 Å². The van der Waals surface area contributed by atoms with Gasteiger partial charge >= 0.3 is 0 Å². The van der Waals surface area contributed by atoms with Crippen LogP contribution in [0.5, 0.6) is 0 Å². The fraction of sp³-hybridized carbons (Fsp3) is 0.600. The van der Waals surface area contributed by atoms with Crippen molar-refractivity contribution in [3.63, 3.8) is 0 Å². The highest BCUT2D eigenvalue weighted by Crippen LogP contribution is 2.29. The molecule has 3 heterocycles. The summed E-state index contributed by atoms with van der Waals surface area (Å²) in [7, 11) is 0. The molecular formula is C20H27N3O2. The molecule has 1 unspecified atom stereocenters. The Bertz CT molecular complexity index is 631. The summed E-state index contributed by atoms with van der Waals surface area (Å²) in [6, 6.07) is 7.70. The third-order valence-electron chi connectivity index (χ3n) is 5.78. The van der Waals surface area contributed by atoms with Crippen LogP contribution in [0.3, 0.4) is 0 Å². The van der Waals surface area contributed by atoms with E-state index in [-0.39, 0.29) is 17.9 Å². The SMILES string of the molecule is O=C1CC(N2CCCCC2)C(=O)N1c1ccc(N2CCCCC2)cc1. The smallest absolute Gasteiger partial charge is 0.251 e. The molecule has 0 aliphatic carbocycles. The number of carbonyl (C=O) groups is 2. The molecule has 2 amide bonds. The minimum absolute atomic E-state index is 0.0439. The second-order valence-corrected chi connectivity index (χ2v) is 7.45. The number of rotatable bonds is 3. The molecule has 5 heteroatoms. The van der Waals surface area contributed by atoms with Gasteiger partial charge in [0.25, 0.3) is 5.91 Å². The maximum atomic E-state index is 12.9. The maximum Gasteiger partial charge on any atom is 0.251 e. The van der Waals surface area contributed by atoms with Gasteiger partial charge in [-0.15, -0.1) is 0 Å². The molecule has 0 saturated carbocycles. The number of hydrogen-bond donors (Lipinski definition) is 0. The monoisotopic (exact) mass is 341 g/mol. The van der Waals surface area contributed by atoms with Crippen molar-refractivity contribution in [3.8, 4) is 0 Å². The highest BCUT2D eigenvalue weighted by atomic mass is 16.2. The molecule has 0 radical (unpaired) electrons. The summed E-state index contributed by atoms with van der Waals surface area (Å²) in [6.45, 7) is 4.06. The number of benzene rings is 1. The lowest BCUT2D eigenvalue weighted by molar-refractivity contribution is -0.123. The second-order valence-electron chi connectivity index (χ2n) is 7.45. The van der Waals surface area contributed by atoms with Crippen LogP contribution < -0.4 is 9.80 Å². The van der Waals surface area contributed by atoms with Crippen molar-refractivity contribution in [1.82, 2.24) is 4.90 Å².